The molecule has 0 aromatic heterocycles. The molecule has 0 saturated carbocycles. The molecule has 0 bridgehead atoms. The van der Waals surface area contributed by atoms with Crippen molar-refractivity contribution in [3.63, 3.8) is 0 Å². The van der Waals surface area contributed by atoms with Gasteiger partial charge in [-0.1, -0.05) is 26.7 Å². The molecule has 0 aromatic carbocycles. The van der Waals surface area contributed by atoms with Crippen molar-refractivity contribution in [2.45, 2.75) is 145 Å². The van der Waals surface area contributed by atoms with Crippen molar-refractivity contribution in [2.75, 3.05) is 13.1 Å². The third kappa shape index (κ3) is 0.355. The monoisotopic (exact) mass is 473 g/mol. The summed E-state index contributed by atoms with van der Waals surface area (Å²) in [6.07, 6.45) is 5.26. The van der Waals surface area contributed by atoms with Gasteiger partial charge in [-0.25, -0.2) is 0 Å². The van der Waals surface area contributed by atoms with E-state index in [1.807, 2.05) is 0 Å². The molecule has 0 radical (unpaired) electrons. The predicted molar refractivity (Wildman–Crippen MR) is 130 cm³/mol. The van der Waals surface area contributed by atoms with E-state index in [1.165, 1.54) is 77.3 Å². The number of unbranched alkanes of at least 4 members (excludes halogenated alkanes) is 2. The fraction of sp³-hybridized carbons (Fsp3) is 1.00. The first-order chi connectivity index (χ1) is 13.7. The Hall–Kier alpha value is 0.909. The largest absolute Gasteiger partial charge is 0.317 e. The predicted octanol–water partition coefficient (Wildman–Crippen LogP) is 8.93. The van der Waals surface area contributed by atoms with Gasteiger partial charge >= 0.3 is 120 Å². The third-order valence-electron chi connectivity index (χ3n) is 18.6. The third-order valence-corrected chi connectivity index (χ3v) is 70.9. The summed E-state index contributed by atoms with van der Waals surface area (Å²) in [6, 6.07) is 0. The molecule has 10 rings (SSSR count). The van der Waals surface area contributed by atoms with Crippen molar-refractivity contribution in [2.24, 2.45) is 0 Å². The Balaban J connectivity index is 0.000000141. The zero-order valence-electron chi connectivity index (χ0n) is 21.2. The zero-order valence-corrected chi connectivity index (χ0v) is 23.2. The molecule has 10 aliphatic heterocycles. The molecule has 3 heteroatoms. The second kappa shape index (κ2) is 2.32. The van der Waals surface area contributed by atoms with Gasteiger partial charge in [-0.3, -0.25) is 0 Å². The van der Waals surface area contributed by atoms with Crippen LogP contribution in [0.5, 0.6) is 0 Å². The Morgan fingerprint density at radius 2 is 1.17 bits per heavy atom. The van der Waals surface area contributed by atoms with Crippen LogP contribution in [0.1, 0.15) is 88.0 Å². The number of nitrogens with one attached hydrogen (secondary N) is 1. The topological polar surface area (TPSA) is 12.0 Å². The summed E-state index contributed by atoms with van der Waals surface area (Å²) in [4.78, 5) is 11.8. The van der Waals surface area contributed by atoms with E-state index < -0.39 is 6.51 Å². The van der Waals surface area contributed by atoms with Gasteiger partial charge in [0.15, 0.2) is 0 Å². The molecule has 10 fully saturated rings. The van der Waals surface area contributed by atoms with Crippen LogP contribution in [0.3, 0.4) is 0 Å². The molecule has 1 spiro atoms. The van der Waals surface area contributed by atoms with Gasteiger partial charge in [-0.15, -0.1) is 0 Å². The van der Waals surface area contributed by atoms with Crippen LogP contribution in [0.15, 0.2) is 0 Å². The Labute approximate surface area is 177 Å². The zero-order chi connectivity index (χ0) is 21.5. The molecule has 174 valence electrons. The van der Waals surface area contributed by atoms with E-state index in [0.29, 0.717) is 10.3 Å². The Morgan fingerprint density at radius 3 is 1.37 bits per heavy atom. The molecule has 0 aromatic rings. The standard InChI is InChI=1S/C14H24P.C8H19N.C5H5.Fe/c1-11-9-8-10-12(11)15(13(2,3)4)14(5,6)7;1-3-5-7-9-8-6-4-2;1-2-4-5-3-1;/h8-10H,1-7H3;9H,3-8H2,1-2H3;1-5H;. The van der Waals surface area contributed by atoms with Crippen molar-refractivity contribution in [1.29, 1.82) is 0 Å². The van der Waals surface area contributed by atoms with E-state index in [-0.39, 0.29) is 7.92 Å². The normalized spacial score (nSPS) is 76.1. The smallest absolute Gasteiger partial charge is 0.00490 e. The Kier molecular flexibility index (Phi) is 1.41. The van der Waals surface area contributed by atoms with Crippen LogP contribution in [0.4, 0.5) is 0 Å². The maximum absolute atomic E-state index is 3.39. The van der Waals surface area contributed by atoms with E-state index in [0.717, 1.165) is 8.37 Å². The average molecular weight is 474 g/mol. The van der Waals surface area contributed by atoms with Crippen LogP contribution in [-0.2, 0) is 6.51 Å². The van der Waals surface area contributed by atoms with Gasteiger partial charge in [-0.05, 0) is 25.9 Å². The van der Waals surface area contributed by atoms with E-state index in [9.17, 15) is 0 Å². The molecule has 10 heterocycles. The van der Waals surface area contributed by atoms with Crippen molar-refractivity contribution in [3.05, 3.63) is 0 Å². The van der Waals surface area contributed by atoms with E-state index >= 15 is 0 Å². The first-order valence-electron chi connectivity index (χ1n) is 13.4. The fourth-order valence-electron chi connectivity index (χ4n) is 20.9. The van der Waals surface area contributed by atoms with Gasteiger partial charge in [-0.2, -0.15) is 0 Å². The number of rotatable bonds is 7. The van der Waals surface area contributed by atoms with E-state index in [2.05, 4.69) is 67.6 Å². The molecule has 10 saturated heterocycles. The van der Waals surface area contributed by atoms with E-state index in [4.69, 9.17) is 0 Å². The Morgan fingerprint density at radius 1 is 0.733 bits per heavy atom. The Bertz CT molecular complexity index is 1190. The molecular formula is C27H48FeNP. The fourth-order valence-corrected chi connectivity index (χ4v) is 116. The van der Waals surface area contributed by atoms with E-state index in [1.54, 1.807) is 0 Å². The molecule has 5 atom stereocenters. The molecule has 1 N–H and O–H groups in total. The SMILES string of the molecule is CC(C)(C)P(C(C)(C)C)[C]12[CH]3[CH]4[CH]5[C]1(C)[Fe]45321678[CH]2[CH]1[CH]6[CH]7[CH]28.CCCCNCCCC. The maximum atomic E-state index is 3.39. The van der Waals surface area contributed by atoms with Gasteiger partial charge in [0.2, 0.25) is 0 Å². The summed E-state index contributed by atoms with van der Waals surface area (Å²) < 4.78 is 2.14. The van der Waals surface area contributed by atoms with Crippen molar-refractivity contribution in [3.8, 4) is 0 Å². The number of fused-ring (bicyclic) bond motifs is 10. The van der Waals surface area contributed by atoms with Crippen LogP contribution >= 0.6 is 7.92 Å². The molecule has 0 amide bonds. The number of hydrogen-bond acceptors (Lipinski definition) is 1. The summed E-state index contributed by atoms with van der Waals surface area (Å²) in [5.74, 6) is 0. The summed E-state index contributed by atoms with van der Waals surface area (Å²) in [5.41, 5.74) is 0. The van der Waals surface area contributed by atoms with Gasteiger partial charge in [0, 0.05) is 0 Å². The first-order valence-corrected chi connectivity index (χ1v) is 21.0. The van der Waals surface area contributed by atoms with Crippen LogP contribution in [-0.4, -0.2) is 27.5 Å². The minimum atomic E-state index is -3.04. The first kappa shape index (κ1) is 18.3. The van der Waals surface area contributed by atoms with Crippen LogP contribution in [0.2, 0.25) is 42.8 Å². The van der Waals surface area contributed by atoms with Crippen molar-refractivity contribution < 1.29 is 6.51 Å². The molecule has 0 aliphatic carbocycles. The summed E-state index contributed by atoms with van der Waals surface area (Å²) >= 11 is 0. The summed E-state index contributed by atoms with van der Waals surface area (Å²) in [6.45, 7) is 22.6. The maximum Gasteiger partial charge on any atom is -0.00490 e. The number of hydrogen-bond donors (Lipinski definition) is 1. The van der Waals surface area contributed by atoms with Gasteiger partial charge in [0.1, 0.15) is 0 Å². The summed E-state index contributed by atoms with van der Waals surface area (Å²) in [5, 5.41) is 4.57. The minimum Gasteiger partial charge on any atom is -0.317 e. The van der Waals surface area contributed by atoms with Crippen LogP contribution < -0.4 is 5.32 Å². The quantitative estimate of drug-likeness (QED) is 0.221. The molecule has 5 unspecified atom stereocenters. The minimum absolute atomic E-state index is 0.191. The molecule has 10 aliphatic rings. The second-order valence-electron chi connectivity index (χ2n) is 17.2. The molecule has 1 nitrogen and oxygen atoms in total. The van der Waals surface area contributed by atoms with Crippen molar-refractivity contribution in [1.82, 2.24) is 5.32 Å². The summed E-state index contributed by atoms with van der Waals surface area (Å²) in [7, 11) is 0.191. The van der Waals surface area contributed by atoms with Gasteiger partial charge < -0.3 is 5.32 Å². The van der Waals surface area contributed by atoms with Gasteiger partial charge in [0.25, 0.3) is 0 Å². The average Bonchev–Trinajstić information content (AvgIpc) is 3.57. The van der Waals surface area contributed by atoms with Crippen molar-refractivity contribution >= 4 is 7.92 Å². The molecular weight excluding hydrogens is 425 g/mol. The van der Waals surface area contributed by atoms with Crippen LogP contribution in [0.25, 0.3) is 0 Å². The van der Waals surface area contributed by atoms with Gasteiger partial charge in [0.05, 0.1) is 0 Å². The van der Waals surface area contributed by atoms with Crippen LogP contribution in [0, 0.1) is 0 Å². The molecule has 30 heavy (non-hydrogen) atoms. The second-order valence-corrected chi connectivity index (χ2v) is 45.2.